The minimum absolute atomic E-state index is 0.0346. The number of furan rings is 1. The molecule has 5 heteroatoms. The molecular formula is C19H27NO4. The highest BCUT2D eigenvalue weighted by atomic mass is 16.5. The summed E-state index contributed by atoms with van der Waals surface area (Å²) in [5, 5.41) is 14.0. The van der Waals surface area contributed by atoms with Crippen molar-refractivity contribution in [2.75, 3.05) is 20.8 Å². The first-order valence-corrected chi connectivity index (χ1v) is 8.03. The maximum atomic E-state index is 10.6. The van der Waals surface area contributed by atoms with Gasteiger partial charge in [0.05, 0.1) is 14.2 Å². The summed E-state index contributed by atoms with van der Waals surface area (Å²) >= 11 is 0. The Kier molecular flexibility index (Phi) is 5.57. The van der Waals surface area contributed by atoms with Crippen LogP contribution in [-0.4, -0.2) is 25.9 Å². The Hall–Kier alpha value is -1.98. The fourth-order valence-electron chi connectivity index (χ4n) is 2.74. The van der Waals surface area contributed by atoms with Crippen LogP contribution in [0.25, 0.3) is 0 Å². The summed E-state index contributed by atoms with van der Waals surface area (Å²) < 4.78 is 16.3. The SMILES string of the molecule is COc1cc(C)c(C(C)NCC(C)(O)c2ccc(C)o2)cc1OC. The van der Waals surface area contributed by atoms with E-state index >= 15 is 0 Å². The molecule has 24 heavy (non-hydrogen) atoms. The van der Waals surface area contributed by atoms with Crippen LogP contribution in [-0.2, 0) is 5.60 Å². The Morgan fingerprint density at radius 3 is 2.33 bits per heavy atom. The molecule has 5 nitrogen and oxygen atoms in total. The molecule has 2 rings (SSSR count). The number of aliphatic hydroxyl groups is 1. The van der Waals surface area contributed by atoms with Crippen molar-refractivity contribution in [3.8, 4) is 11.5 Å². The maximum absolute atomic E-state index is 10.6. The average molecular weight is 333 g/mol. The fourth-order valence-corrected chi connectivity index (χ4v) is 2.74. The monoisotopic (exact) mass is 333 g/mol. The highest BCUT2D eigenvalue weighted by molar-refractivity contribution is 5.48. The first kappa shape index (κ1) is 18.4. The van der Waals surface area contributed by atoms with Gasteiger partial charge in [-0.1, -0.05) is 0 Å². The third kappa shape index (κ3) is 3.91. The summed E-state index contributed by atoms with van der Waals surface area (Å²) in [6.45, 7) is 8.06. The van der Waals surface area contributed by atoms with E-state index in [0.29, 0.717) is 23.8 Å². The largest absolute Gasteiger partial charge is 0.493 e. The molecule has 0 aliphatic rings. The van der Waals surface area contributed by atoms with Gasteiger partial charge >= 0.3 is 0 Å². The number of methoxy groups -OCH3 is 2. The molecule has 132 valence electrons. The zero-order valence-corrected chi connectivity index (χ0v) is 15.3. The van der Waals surface area contributed by atoms with E-state index < -0.39 is 5.60 Å². The van der Waals surface area contributed by atoms with Crippen LogP contribution in [0.3, 0.4) is 0 Å². The van der Waals surface area contributed by atoms with E-state index in [-0.39, 0.29) is 6.04 Å². The van der Waals surface area contributed by atoms with Crippen molar-refractivity contribution in [2.24, 2.45) is 0 Å². The first-order valence-electron chi connectivity index (χ1n) is 8.03. The van der Waals surface area contributed by atoms with Gasteiger partial charge in [-0.2, -0.15) is 0 Å². The topological polar surface area (TPSA) is 63.9 Å². The average Bonchev–Trinajstić information content (AvgIpc) is 2.99. The van der Waals surface area contributed by atoms with Crippen LogP contribution in [0.4, 0.5) is 0 Å². The van der Waals surface area contributed by atoms with Crippen LogP contribution in [0, 0.1) is 13.8 Å². The van der Waals surface area contributed by atoms with Crippen LogP contribution in [0.2, 0.25) is 0 Å². The highest BCUT2D eigenvalue weighted by Gasteiger charge is 2.27. The molecule has 0 amide bonds. The third-order valence-electron chi connectivity index (χ3n) is 4.26. The van der Waals surface area contributed by atoms with Gasteiger partial charge in [0.2, 0.25) is 0 Å². The van der Waals surface area contributed by atoms with E-state index in [4.69, 9.17) is 13.9 Å². The van der Waals surface area contributed by atoms with E-state index in [9.17, 15) is 5.11 Å². The van der Waals surface area contributed by atoms with E-state index in [1.807, 2.05) is 38.1 Å². The molecule has 0 bridgehead atoms. The molecule has 2 unspecified atom stereocenters. The van der Waals surface area contributed by atoms with Gasteiger partial charge in [0.15, 0.2) is 11.5 Å². The molecule has 1 heterocycles. The smallest absolute Gasteiger partial charge is 0.161 e. The minimum Gasteiger partial charge on any atom is -0.493 e. The van der Waals surface area contributed by atoms with E-state index in [2.05, 4.69) is 12.2 Å². The van der Waals surface area contributed by atoms with Crippen molar-refractivity contribution in [1.29, 1.82) is 0 Å². The van der Waals surface area contributed by atoms with E-state index in [1.165, 1.54) is 0 Å². The molecule has 1 aromatic heterocycles. The minimum atomic E-state index is -1.08. The van der Waals surface area contributed by atoms with Gasteiger partial charge < -0.3 is 24.3 Å². The first-order chi connectivity index (χ1) is 11.3. The standard InChI is InChI=1S/C19H27NO4/c1-12-9-16(22-5)17(23-6)10-15(12)14(3)20-11-19(4,21)18-8-7-13(2)24-18/h7-10,14,20-21H,11H2,1-6H3. The number of nitrogens with one attached hydrogen (secondary N) is 1. The van der Waals surface area contributed by atoms with Gasteiger partial charge in [-0.15, -0.1) is 0 Å². The zero-order valence-electron chi connectivity index (χ0n) is 15.3. The van der Waals surface area contributed by atoms with Gasteiger partial charge in [-0.3, -0.25) is 0 Å². The van der Waals surface area contributed by atoms with Crippen LogP contribution >= 0.6 is 0 Å². The van der Waals surface area contributed by atoms with Crippen LogP contribution < -0.4 is 14.8 Å². The number of aryl methyl sites for hydroxylation is 2. The van der Waals surface area contributed by atoms with Crippen molar-refractivity contribution >= 4 is 0 Å². The third-order valence-corrected chi connectivity index (χ3v) is 4.26. The number of benzene rings is 1. The van der Waals surface area contributed by atoms with Crippen molar-refractivity contribution < 1.29 is 19.0 Å². The molecule has 0 saturated heterocycles. The summed E-state index contributed by atoms with van der Waals surface area (Å²) in [5.41, 5.74) is 1.12. The number of rotatable bonds is 7. The molecule has 0 fully saturated rings. The van der Waals surface area contributed by atoms with Crippen molar-refractivity contribution in [2.45, 2.75) is 39.3 Å². The van der Waals surface area contributed by atoms with Crippen molar-refractivity contribution in [3.05, 3.63) is 46.9 Å². The summed E-state index contributed by atoms with van der Waals surface area (Å²) in [6, 6.07) is 7.62. The van der Waals surface area contributed by atoms with E-state index in [0.717, 1.165) is 16.9 Å². The van der Waals surface area contributed by atoms with Crippen LogP contribution in [0.5, 0.6) is 11.5 Å². The molecule has 0 aliphatic heterocycles. The molecule has 2 aromatic rings. The van der Waals surface area contributed by atoms with Gasteiger partial charge in [0, 0.05) is 12.6 Å². The van der Waals surface area contributed by atoms with Gasteiger partial charge in [0.1, 0.15) is 17.1 Å². The molecule has 2 N–H and O–H groups in total. The number of hydrogen-bond donors (Lipinski definition) is 2. The number of hydrogen-bond acceptors (Lipinski definition) is 5. The Labute approximate surface area is 143 Å². The summed E-state index contributed by atoms with van der Waals surface area (Å²) in [5.74, 6) is 2.75. The predicted molar refractivity (Wildman–Crippen MR) is 93.7 cm³/mol. The van der Waals surface area contributed by atoms with E-state index in [1.54, 1.807) is 21.1 Å². The Morgan fingerprint density at radius 1 is 1.17 bits per heavy atom. The second-order valence-electron chi connectivity index (χ2n) is 6.35. The second kappa shape index (κ2) is 7.28. The lowest BCUT2D eigenvalue weighted by atomic mass is 9.99. The summed E-state index contributed by atoms with van der Waals surface area (Å²) in [4.78, 5) is 0. The molecule has 0 aliphatic carbocycles. The molecule has 0 radical (unpaired) electrons. The summed E-state index contributed by atoms with van der Waals surface area (Å²) in [7, 11) is 3.25. The zero-order chi connectivity index (χ0) is 17.9. The lowest BCUT2D eigenvalue weighted by Gasteiger charge is -2.25. The molecule has 2 atom stereocenters. The lowest BCUT2D eigenvalue weighted by molar-refractivity contribution is 0.0312. The van der Waals surface area contributed by atoms with Crippen molar-refractivity contribution in [1.82, 2.24) is 5.32 Å². The van der Waals surface area contributed by atoms with Gasteiger partial charge in [-0.25, -0.2) is 0 Å². The quantitative estimate of drug-likeness (QED) is 0.812. The lowest BCUT2D eigenvalue weighted by Crippen LogP contribution is -2.36. The van der Waals surface area contributed by atoms with Gasteiger partial charge in [0.25, 0.3) is 0 Å². The van der Waals surface area contributed by atoms with Gasteiger partial charge in [-0.05, 0) is 63.1 Å². The highest BCUT2D eigenvalue weighted by Crippen LogP contribution is 2.33. The Morgan fingerprint density at radius 2 is 1.79 bits per heavy atom. The predicted octanol–water partition coefficient (Wildman–Crippen LogP) is 3.47. The van der Waals surface area contributed by atoms with Crippen LogP contribution in [0.15, 0.2) is 28.7 Å². The molecule has 0 spiro atoms. The molecular weight excluding hydrogens is 306 g/mol. The molecule has 1 aromatic carbocycles. The van der Waals surface area contributed by atoms with Crippen molar-refractivity contribution in [3.63, 3.8) is 0 Å². The fraction of sp³-hybridized carbons (Fsp3) is 0.474. The summed E-state index contributed by atoms with van der Waals surface area (Å²) in [6.07, 6.45) is 0. The Balaban J connectivity index is 2.13. The maximum Gasteiger partial charge on any atom is 0.161 e. The number of ether oxygens (including phenoxy) is 2. The van der Waals surface area contributed by atoms with Crippen LogP contribution in [0.1, 0.15) is 42.5 Å². The Bertz CT molecular complexity index is 691. The normalized spacial score (nSPS) is 15.0. The second-order valence-corrected chi connectivity index (χ2v) is 6.35. The molecule has 0 saturated carbocycles.